The van der Waals surface area contributed by atoms with Crippen LogP contribution in [0.4, 0.5) is 5.95 Å². The molecule has 1 fully saturated rings. The van der Waals surface area contributed by atoms with E-state index in [4.69, 9.17) is 0 Å². The lowest BCUT2D eigenvalue weighted by molar-refractivity contribution is -0.120. The highest BCUT2D eigenvalue weighted by Crippen LogP contribution is 2.09. The summed E-state index contributed by atoms with van der Waals surface area (Å²) in [6, 6.07) is 1.82. The van der Waals surface area contributed by atoms with E-state index in [1.807, 2.05) is 13.0 Å². The van der Waals surface area contributed by atoms with E-state index in [1.54, 1.807) is 12.4 Å². The summed E-state index contributed by atoms with van der Waals surface area (Å²) in [5.41, 5.74) is 0. The molecular weight excluding hydrogens is 228 g/mol. The van der Waals surface area contributed by atoms with Gasteiger partial charge in [-0.15, -0.1) is 0 Å². The third kappa shape index (κ3) is 3.50. The van der Waals surface area contributed by atoms with Gasteiger partial charge < -0.3 is 4.90 Å². The highest BCUT2D eigenvalue weighted by Gasteiger charge is 2.19. The van der Waals surface area contributed by atoms with Crippen LogP contribution in [-0.4, -0.2) is 53.4 Å². The summed E-state index contributed by atoms with van der Waals surface area (Å²) in [6.07, 6.45) is 5.16. The van der Waals surface area contributed by atoms with Crippen LogP contribution < -0.4 is 4.90 Å². The number of rotatable bonds is 5. The molecule has 1 aliphatic heterocycles. The molecular formula is C13H20N4O. The second-order valence-corrected chi connectivity index (χ2v) is 4.60. The first-order chi connectivity index (χ1) is 8.79. The standard InChI is InChI=1S/C13H20N4O/c1-2-4-12(18)11-16-7-9-17(10-8-16)13-14-5-3-6-15-13/h3,5-6H,2,4,7-11H2,1H3. The number of ketones is 1. The molecule has 0 amide bonds. The van der Waals surface area contributed by atoms with Gasteiger partial charge in [0.15, 0.2) is 0 Å². The molecule has 0 bridgehead atoms. The molecule has 1 aromatic heterocycles. The number of anilines is 1. The summed E-state index contributed by atoms with van der Waals surface area (Å²) >= 11 is 0. The maximum absolute atomic E-state index is 11.6. The minimum Gasteiger partial charge on any atom is -0.338 e. The first kappa shape index (κ1) is 13.0. The molecule has 1 aromatic rings. The molecule has 0 N–H and O–H groups in total. The first-order valence-corrected chi connectivity index (χ1v) is 6.55. The molecule has 0 saturated carbocycles. The van der Waals surface area contributed by atoms with Crippen molar-refractivity contribution in [1.82, 2.24) is 14.9 Å². The largest absolute Gasteiger partial charge is 0.338 e. The van der Waals surface area contributed by atoms with Crippen LogP contribution in [0.25, 0.3) is 0 Å². The number of piperazine rings is 1. The number of carbonyl (C=O) groups excluding carboxylic acids is 1. The average Bonchev–Trinajstić information content (AvgIpc) is 2.41. The highest BCUT2D eigenvalue weighted by atomic mass is 16.1. The SMILES string of the molecule is CCCC(=O)CN1CCN(c2ncccn2)CC1. The van der Waals surface area contributed by atoms with Crippen molar-refractivity contribution in [1.29, 1.82) is 0 Å². The van der Waals surface area contributed by atoms with Gasteiger partial charge in [-0.2, -0.15) is 0 Å². The second-order valence-electron chi connectivity index (χ2n) is 4.60. The van der Waals surface area contributed by atoms with Crippen molar-refractivity contribution in [3.63, 3.8) is 0 Å². The number of aromatic nitrogens is 2. The van der Waals surface area contributed by atoms with Gasteiger partial charge in [0.05, 0.1) is 6.54 Å². The monoisotopic (exact) mass is 248 g/mol. The van der Waals surface area contributed by atoms with Gasteiger partial charge in [-0.25, -0.2) is 9.97 Å². The number of nitrogens with zero attached hydrogens (tertiary/aromatic N) is 4. The Morgan fingerprint density at radius 1 is 1.22 bits per heavy atom. The molecule has 5 heteroatoms. The van der Waals surface area contributed by atoms with E-state index in [0.29, 0.717) is 18.7 Å². The van der Waals surface area contributed by atoms with Crippen LogP contribution in [0.2, 0.25) is 0 Å². The van der Waals surface area contributed by atoms with Gasteiger partial charge in [0.1, 0.15) is 5.78 Å². The molecule has 1 aliphatic rings. The van der Waals surface area contributed by atoms with Gasteiger partial charge in [0.2, 0.25) is 5.95 Å². The molecule has 0 aliphatic carbocycles. The molecule has 98 valence electrons. The molecule has 0 spiro atoms. The zero-order chi connectivity index (χ0) is 12.8. The van der Waals surface area contributed by atoms with Crippen molar-refractivity contribution in [2.75, 3.05) is 37.6 Å². The van der Waals surface area contributed by atoms with Crippen molar-refractivity contribution in [3.05, 3.63) is 18.5 Å². The van der Waals surface area contributed by atoms with E-state index in [9.17, 15) is 4.79 Å². The fraction of sp³-hybridized carbons (Fsp3) is 0.615. The molecule has 5 nitrogen and oxygen atoms in total. The molecule has 18 heavy (non-hydrogen) atoms. The lowest BCUT2D eigenvalue weighted by Gasteiger charge is -2.34. The van der Waals surface area contributed by atoms with Gasteiger partial charge in [0.25, 0.3) is 0 Å². The number of hydrogen-bond acceptors (Lipinski definition) is 5. The Hall–Kier alpha value is -1.49. The maximum Gasteiger partial charge on any atom is 0.225 e. The maximum atomic E-state index is 11.6. The minimum atomic E-state index is 0.349. The Bertz CT molecular complexity index is 374. The summed E-state index contributed by atoms with van der Waals surface area (Å²) in [6.45, 7) is 6.24. The van der Waals surface area contributed by atoms with E-state index in [1.165, 1.54) is 0 Å². The van der Waals surface area contributed by atoms with Gasteiger partial charge >= 0.3 is 0 Å². The van der Waals surface area contributed by atoms with E-state index >= 15 is 0 Å². The van der Waals surface area contributed by atoms with E-state index in [0.717, 1.165) is 38.5 Å². The second kappa shape index (κ2) is 6.44. The fourth-order valence-electron chi connectivity index (χ4n) is 2.17. The predicted octanol–water partition coefficient (Wildman–Crippen LogP) is 0.968. The Balaban J connectivity index is 1.80. The lowest BCUT2D eigenvalue weighted by atomic mass is 10.2. The quantitative estimate of drug-likeness (QED) is 0.777. The molecule has 1 saturated heterocycles. The molecule has 0 atom stereocenters. The van der Waals surface area contributed by atoms with Crippen LogP contribution in [0, 0.1) is 0 Å². The molecule has 0 radical (unpaired) electrons. The smallest absolute Gasteiger partial charge is 0.225 e. The summed E-state index contributed by atoms with van der Waals surface area (Å²) in [4.78, 5) is 24.5. The third-order valence-electron chi connectivity index (χ3n) is 3.14. The van der Waals surface area contributed by atoms with Gasteiger partial charge in [-0.05, 0) is 12.5 Å². The summed E-state index contributed by atoms with van der Waals surface area (Å²) in [7, 11) is 0. The van der Waals surface area contributed by atoms with Crippen LogP contribution in [0.15, 0.2) is 18.5 Å². The van der Waals surface area contributed by atoms with Gasteiger partial charge in [-0.3, -0.25) is 9.69 Å². The Labute approximate surface area is 108 Å². The molecule has 0 aromatic carbocycles. The van der Waals surface area contributed by atoms with Crippen LogP contribution in [-0.2, 0) is 4.79 Å². The Morgan fingerprint density at radius 2 is 1.89 bits per heavy atom. The van der Waals surface area contributed by atoms with Crippen molar-refractivity contribution in [3.8, 4) is 0 Å². The van der Waals surface area contributed by atoms with E-state index in [2.05, 4.69) is 19.8 Å². The van der Waals surface area contributed by atoms with Crippen molar-refractivity contribution < 1.29 is 4.79 Å². The topological polar surface area (TPSA) is 49.3 Å². The highest BCUT2D eigenvalue weighted by molar-refractivity contribution is 5.80. The van der Waals surface area contributed by atoms with Crippen molar-refractivity contribution in [2.45, 2.75) is 19.8 Å². The van der Waals surface area contributed by atoms with Crippen LogP contribution in [0.3, 0.4) is 0 Å². The normalized spacial score (nSPS) is 16.8. The summed E-state index contributed by atoms with van der Waals surface area (Å²) in [5, 5.41) is 0. The van der Waals surface area contributed by atoms with E-state index < -0.39 is 0 Å². The number of carbonyl (C=O) groups is 1. The summed E-state index contributed by atoms with van der Waals surface area (Å²) < 4.78 is 0. The molecule has 2 heterocycles. The average molecular weight is 248 g/mol. The zero-order valence-electron chi connectivity index (χ0n) is 10.9. The fourth-order valence-corrected chi connectivity index (χ4v) is 2.17. The number of Topliss-reactive ketones (excluding diaryl/α,β-unsaturated/α-hetero) is 1. The Kier molecular flexibility index (Phi) is 4.64. The van der Waals surface area contributed by atoms with Gasteiger partial charge in [-0.1, -0.05) is 6.92 Å². The van der Waals surface area contributed by atoms with Crippen molar-refractivity contribution >= 4 is 11.7 Å². The Morgan fingerprint density at radius 3 is 2.50 bits per heavy atom. The predicted molar refractivity (Wildman–Crippen MR) is 70.6 cm³/mol. The number of hydrogen-bond donors (Lipinski definition) is 0. The minimum absolute atomic E-state index is 0.349. The molecule has 0 unspecified atom stereocenters. The van der Waals surface area contributed by atoms with E-state index in [-0.39, 0.29) is 0 Å². The summed E-state index contributed by atoms with van der Waals surface area (Å²) in [5.74, 6) is 1.14. The van der Waals surface area contributed by atoms with Crippen LogP contribution >= 0.6 is 0 Å². The van der Waals surface area contributed by atoms with Crippen LogP contribution in [0.5, 0.6) is 0 Å². The van der Waals surface area contributed by atoms with Gasteiger partial charge in [0, 0.05) is 45.0 Å². The molecule has 2 rings (SSSR count). The van der Waals surface area contributed by atoms with Crippen LogP contribution in [0.1, 0.15) is 19.8 Å². The lowest BCUT2D eigenvalue weighted by Crippen LogP contribution is -2.48. The van der Waals surface area contributed by atoms with Crippen molar-refractivity contribution in [2.24, 2.45) is 0 Å². The third-order valence-corrected chi connectivity index (χ3v) is 3.14. The first-order valence-electron chi connectivity index (χ1n) is 6.55. The zero-order valence-corrected chi connectivity index (χ0v) is 10.9.